The van der Waals surface area contributed by atoms with Crippen LogP contribution < -0.4 is 4.72 Å². The number of piperidine rings is 1. The molecule has 4 rings (SSSR count). The lowest BCUT2D eigenvalue weighted by molar-refractivity contribution is 0.177. The van der Waals surface area contributed by atoms with Crippen LogP contribution in [0.4, 0.5) is 0 Å². The average molecular weight is 406 g/mol. The fourth-order valence-electron chi connectivity index (χ4n) is 3.03. The molecule has 1 N–H and O–H groups in total. The number of hydrogen-bond donors (Lipinski definition) is 1. The maximum Gasteiger partial charge on any atom is 0.250 e. The molecule has 3 aromatic rings. The van der Waals surface area contributed by atoms with Crippen molar-refractivity contribution < 1.29 is 12.9 Å². The van der Waals surface area contributed by atoms with E-state index in [1.807, 2.05) is 12.1 Å². The molecule has 1 aliphatic heterocycles. The molecule has 0 aliphatic carbocycles. The van der Waals surface area contributed by atoms with E-state index in [-0.39, 0.29) is 6.04 Å². The van der Waals surface area contributed by atoms with Gasteiger partial charge < -0.3 is 4.52 Å². The molecule has 0 unspecified atom stereocenters. The van der Waals surface area contributed by atoms with Gasteiger partial charge in [0.05, 0.1) is 6.54 Å². The van der Waals surface area contributed by atoms with Crippen molar-refractivity contribution in [3.05, 3.63) is 47.9 Å². The molecule has 0 bridgehead atoms. The minimum atomic E-state index is -3.42. The highest BCUT2D eigenvalue weighted by Gasteiger charge is 2.26. The van der Waals surface area contributed by atoms with Crippen molar-refractivity contribution in [1.82, 2.24) is 24.7 Å². The van der Waals surface area contributed by atoms with Crippen LogP contribution in [0.1, 0.15) is 18.7 Å². The molecule has 0 radical (unpaired) electrons. The SMILES string of the molecule is O=S(=O)(NC1CCN(Cc2nc(-c3cccnc3)no2)CC1)c1cccs1. The van der Waals surface area contributed by atoms with Crippen molar-refractivity contribution in [3.8, 4) is 11.4 Å². The van der Waals surface area contributed by atoms with Gasteiger partial charge in [0.1, 0.15) is 4.21 Å². The van der Waals surface area contributed by atoms with Crippen molar-refractivity contribution in [2.45, 2.75) is 29.6 Å². The highest BCUT2D eigenvalue weighted by molar-refractivity contribution is 7.91. The maximum absolute atomic E-state index is 12.3. The fourth-order valence-corrected chi connectivity index (χ4v) is 5.34. The summed E-state index contributed by atoms with van der Waals surface area (Å²) < 4.78 is 33.1. The van der Waals surface area contributed by atoms with Crippen LogP contribution in [0.25, 0.3) is 11.4 Å². The Hall–Kier alpha value is -2.14. The van der Waals surface area contributed by atoms with Crippen molar-refractivity contribution >= 4 is 21.4 Å². The Morgan fingerprint density at radius 3 is 2.81 bits per heavy atom. The summed E-state index contributed by atoms with van der Waals surface area (Å²) in [5, 5.41) is 5.77. The first-order valence-electron chi connectivity index (χ1n) is 8.61. The second-order valence-electron chi connectivity index (χ2n) is 6.36. The number of aromatic nitrogens is 3. The van der Waals surface area contributed by atoms with Gasteiger partial charge in [0.25, 0.3) is 0 Å². The molecule has 1 saturated heterocycles. The van der Waals surface area contributed by atoms with Gasteiger partial charge in [-0.3, -0.25) is 9.88 Å². The van der Waals surface area contributed by atoms with E-state index in [2.05, 4.69) is 24.7 Å². The molecule has 0 spiro atoms. The Kier molecular flexibility index (Phi) is 5.30. The summed E-state index contributed by atoms with van der Waals surface area (Å²) in [6, 6.07) is 7.02. The molecule has 0 amide bonds. The van der Waals surface area contributed by atoms with E-state index in [4.69, 9.17) is 4.52 Å². The summed E-state index contributed by atoms with van der Waals surface area (Å²) in [6.45, 7) is 2.09. The van der Waals surface area contributed by atoms with E-state index in [1.165, 1.54) is 11.3 Å². The molecule has 0 aromatic carbocycles. The Labute approximate surface area is 161 Å². The van der Waals surface area contributed by atoms with Gasteiger partial charge in [0, 0.05) is 37.1 Å². The maximum atomic E-state index is 12.3. The first-order valence-corrected chi connectivity index (χ1v) is 11.0. The molecule has 1 aliphatic rings. The number of pyridine rings is 1. The van der Waals surface area contributed by atoms with E-state index in [0.717, 1.165) is 31.5 Å². The molecule has 0 atom stereocenters. The van der Waals surface area contributed by atoms with Crippen LogP contribution in [-0.2, 0) is 16.6 Å². The zero-order valence-electron chi connectivity index (χ0n) is 14.5. The van der Waals surface area contributed by atoms with E-state index in [9.17, 15) is 8.42 Å². The lowest BCUT2D eigenvalue weighted by Crippen LogP contribution is -2.44. The second-order valence-corrected chi connectivity index (χ2v) is 9.25. The van der Waals surface area contributed by atoms with Gasteiger partial charge in [-0.2, -0.15) is 4.98 Å². The molecule has 3 aromatic heterocycles. The number of rotatable bonds is 6. The first kappa shape index (κ1) is 18.2. The van der Waals surface area contributed by atoms with Crippen LogP contribution in [-0.4, -0.2) is 47.6 Å². The lowest BCUT2D eigenvalue weighted by atomic mass is 10.1. The highest BCUT2D eigenvalue weighted by atomic mass is 32.2. The van der Waals surface area contributed by atoms with Crippen LogP contribution in [0.2, 0.25) is 0 Å². The molecular formula is C17H19N5O3S2. The molecule has 10 heteroatoms. The van der Waals surface area contributed by atoms with E-state index < -0.39 is 10.0 Å². The van der Waals surface area contributed by atoms with Crippen LogP contribution in [0.5, 0.6) is 0 Å². The van der Waals surface area contributed by atoms with Gasteiger partial charge >= 0.3 is 0 Å². The molecule has 142 valence electrons. The summed E-state index contributed by atoms with van der Waals surface area (Å²) >= 11 is 1.23. The van der Waals surface area contributed by atoms with Crippen LogP contribution in [0, 0.1) is 0 Å². The number of nitrogens with one attached hydrogen (secondary N) is 1. The summed E-state index contributed by atoms with van der Waals surface area (Å²) in [6.07, 6.45) is 4.88. The Morgan fingerprint density at radius 1 is 1.26 bits per heavy atom. The second kappa shape index (κ2) is 7.85. The first-order chi connectivity index (χ1) is 13.1. The Balaban J connectivity index is 1.31. The third kappa shape index (κ3) is 4.41. The van der Waals surface area contributed by atoms with Crippen molar-refractivity contribution in [1.29, 1.82) is 0 Å². The number of sulfonamides is 1. The average Bonchev–Trinajstić information content (AvgIpc) is 3.36. The zero-order chi connectivity index (χ0) is 18.7. The van der Waals surface area contributed by atoms with Crippen molar-refractivity contribution in [2.75, 3.05) is 13.1 Å². The largest absolute Gasteiger partial charge is 0.338 e. The number of likely N-dealkylation sites (tertiary alicyclic amines) is 1. The highest BCUT2D eigenvalue weighted by Crippen LogP contribution is 2.20. The monoisotopic (exact) mass is 405 g/mol. The normalized spacial score (nSPS) is 16.6. The lowest BCUT2D eigenvalue weighted by Gasteiger charge is -2.31. The summed E-state index contributed by atoms with van der Waals surface area (Å²) in [5.41, 5.74) is 0.814. The number of hydrogen-bond acceptors (Lipinski definition) is 8. The van der Waals surface area contributed by atoms with Crippen LogP contribution >= 0.6 is 11.3 Å². The molecule has 27 heavy (non-hydrogen) atoms. The molecular weight excluding hydrogens is 386 g/mol. The smallest absolute Gasteiger partial charge is 0.250 e. The third-order valence-electron chi connectivity index (χ3n) is 4.42. The van der Waals surface area contributed by atoms with E-state index in [1.54, 1.807) is 29.9 Å². The molecule has 1 fully saturated rings. The molecule has 4 heterocycles. The topological polar surface area (TPSA) is 101 Å². The zero-order valence-corrected chi connectivity index (χ0v) is 16.1. The van der Waals surface area contributed by atoms with Gasteiger partial charge in [0.15, 0.2) is 0 Å². The third-order valence-corrected chi connectivity index (χ3v) is 7.33. The van der Waals surface area contributed by atoms with Crippen molar-refractivity contribution in [3.63, 3.8) is 0 Å². The van der Waals surface area contributed by atoms with E-state index >= 15 is 0 Å². The van der Waals surface area contributed by atoms with Gasteiger partial charge in [-0.15, -0.1) is 11.3 Å². The minimum Gasteiger partial charge on any atom is -0.338 e. The van der Waals surface area contributed by atoms with E-state index in [0.29, 0.717) is 22.5 Å². The Bertz CT molecular complexity index is 965. The summed E-state index contributed by atoms with van der Waals surface area (Å²) in [7, 11) is -3.42. The molecule has 0 saturated carbocycles. The van der Waals surface area contributed by atoms with Crippen LogP contribution in [0.3, 0.4) is 0 Å². The summed E-state index contributed by atoms with van der Waals surface area (Å²) in [5.74, 6) is 1.07. The quantitative estimate of drug-likeness (QED) is 0.670. The van der Waals surface area contributed by atoms with Gasteiger partial charge in [-0.1, -0.05) is 11.2 Å². The summed E-state index contributed by atoms with van der Waals surface area (Å²) in [4.78, 5) is 10.7. The van der Waals surface area contributed by atoms with Gasteiger partial charge in [0.2, 0.25) is 21.7 Å². The fraction of sp³-hybridized carbons (Fsp3) is 0.353. The van der Waals surface area contributed by atoms with Crippen LogP contribution in [0.15, 0.2) is 50.8 Å². The standard InChI is InChI=1S/C17H19N5O3S2/c23-27(24,16-4-2-10-26-16)21-14-5-8-22(9-6-14)12-15-19-17(20-25-15)13-3-1-7-18-11-13/h1-4,7,10-11,14,21H,5-6,8-9,12H2. The number of nitrogens with zero attached hydrogens (tertiary/aromatic N) is 4. The predicted molar refractivity (Wildman–Crippen MR) is 100 cm³/mol. The molecule has 8 nitrogen and oxygen atoms in total. The van der Waals surface area contributed by atoms with Crippen molar-refractivity contribution in [2.24, 2.45) is 0 Å². The van der Waals surface area contributed by atoms with Gasteiger partial charge in [-0.25, -0.2) is 13.1 Å². The van der Waals surface area contributed by atoms with Gasteiger partial charge in [-0.05, 0) is 36.4 Å². The minimum absolute atomic E-state index is 0.0537. The number of thiophene rings is 1. The Morgan fingerprint density at radius 2 is 2.11 bits per heavy atom. The predicted octanol–water partition coefficient (Wildman–Crippen LogP) is 2.14.